The average molecular weight is 383 g/mol. The highest BCUT2D eigenvalue weighted by Gasteiger charge is 2.19. The van der Waals surface area contributed by atoms with E-state index in [1.807, 2.05) is 6.07 Å². The quantitative estimate of drug-likeness (QED) is 0.770. The molecule has 0 aromatic heterocycles. The number of carbonyl (C=O) groups is 2. The summed E-state index contributed by atoms with van der Waals surface area (Å²) in [6, 6.07) is 15.3. The van der Waals surface area contributed by atoms with Gasteiger partial charge in [0.05, 0.1) is 31.9 Å². The van der Waals surface area contributed by atoms with E-state index >= 15 is 0 Å². The number of methoxy groups -OCH3 is 1. The molecule has 0 heterocycles. The molecule has 2 amide bonds. The molecule has 0 spiro atoms. The zero-order chi connectivity index (χ0) is 20.4. The molecule has 8 heteroatoms. The SMILES string of the molecule is CCOC(=O)Nc1cccc(OC(=O)N(CCC#N)c2cccc(OC)c2)c1. The number of hydrogen-bond acceptors (Lipinski definition) is 6. The Kier molecular flexibility index (Phi) is 7.66. The first-order chi connectivity index (χ1) is 13.6. The number of amides is 2. The largest absolute Gasteiger partial charge is 0.497 e. The highest BCUT2D eigenvalue weighted by Crippen LogP contribution is 2.24. The average Bonchev–Trinajstić information content (AvgIpc) is 2.69. The molecule has 2 rings (SSSR count). The van der Waals surface area contributed by atoms with E-state index in [-0.39, 0.29) is 25.3 Å². The number of hydrogen-bond donors (Lipinski definition) is 1. The molecule has 2 aromatic carbocycles. The minimum atomic E-state index is -0.656. The van der Waals surface area contributed by atoms with Crippen LogP contribution in [0.1, 0.15) is 13.3 Å². The monoisotopic (exact) mass is 383 g/mol. The lowest BCUT2D eigenvalue weighted by molar-refractivity contribution is 0.168. The summed E-state index contributed by atoms with van der Waals surface area (Å²) in [5, 5.41) is 11.4. The second-order valence-electron chi connectivity index (χ2n) is 5.50. The van der Waals surface area contributed by atoms with Crippen LogP contribution in [0.4, 0.5) is 21.0 Å². The maximum atomic E-state index is 12.7. The van der Waals surface area contributed by atoms with Crippen molar-refractivity contribution in [3.05, 3.63) is 48.5 Å². The third-order valence-corrected chi connectivity index (χ3v) is 3.59. The number of carbonyl (C=O) groups excluding carboxylic acids is 2. The van der Waals surface area contributed by atoms with Crippen LogP contribution in [0.15, 0.2) is 48.5 Å². The Balaban J connectivity index is 2.16. The van der Waals surface area contributed by atoms with Crippen molar-refractivity contribution >= 4 is 23.6 Å². The van der Waals surface area contributed by atoms with Crippen molar-refractivity contribution in [3.63, 3.8) is 0 Å². The molecule has 8 nitrogen and oxygen atoms in total. The number of benzene rings is 2. The maximum Gasteiger partial charge on any atom is 0.419 e. The van der Waals surface area contributed by atoms with Crippen LogP contribution in [0.5, 0.6) is 11.5 Å². The molecule has 0 radical (unpaired) electrons. The van der Waals surface area contributed by atoms with Crippen molar-refractivity contribution in [3.8, 4) is 17.6 Å². The van der Waals surface area contributed by atoms with E-state index in [1.54, 1.807) is 49.4 Å². The number of nitriles is 1. The van der Waals surface area contributed by atoms with Crippen molar-refractivity contribution in [2.45, 2.75) is 13.3 Å². The van der Waals surface area contributed by atoms with E-state index in [0.717, 1.165) is 0 Å². The Labute approximate surface area is 163 Å². The molecule has 0 aliphatic carbocycles. The molecule has 2 aromatic rings. The maximum absolute atomic E-state index is 12.7. The lowest BCUT2D eigenvalue weighted by Gasteiger charge is -2.21. The third-order valence-electron chi connectivity index (χ3n) is 3.59. The fourth-order valence-corrected chi connectivity index (χ4v) is 2.34. The molecule has 0 saturated carbocycles. The van der Waals surface area contributed by atoms with E-state index in [2.05, 4.69) is 5.32 Å². The number of nitrogens with zero attached hydrogens (tertiary/aromatic N) is 2. The molecular weight excluding hydrogens is 362 g/mol. The van der Waals surface area contributed by atoms with Crippen molar-refractivity contribution in [2.24, 2.45) is 0 Å². The lowest BCUT2D eigenvalue weighted by atomic mass is 10.2. The van der Waals surface area contributed by atoms with E-state index in [0.29, 0.717) is 17.1 Å². The summed E-state index contributed by atoms with van der Waals surface area (Å²) in [5.74, 6) is 0.817. The summed E-state index contributed by atoms with van der Waals surface area (Å²) in [6.45, 7) is 2.10. The lowest BCUT2D eigenvalue weighted by Crippen LogP contribution is -2.34. The van der Waals surface area contributed by atoms with Gasteiger partial charge in [-0.1, -0.05) is 12.1 Å². The Bertz CT molecular complexity index is 863. The number of anilines is 2. The zero-order valence-electron chi connectivity index (χ0n) is 15.7. The minimum Gasteiger partial charge on any atom is -0.497 e. The van der Waals surface area contributed by atoms with E-state index in [1.165, 1.54) is 18.1 Å². The Morgan fingerprint density at radius 2 is 1.89 bits per heavy atom. The molecule has 0 aliphatic heterocycles. The summed E-state index contributed by atoms with van der Waals surface area (Å²) in [4.78, 5) is 25.6. The van der Waals surface area contributed by atoms with Crippen molar-refractivity contribution in [1.82, 2.24) is 0 Å². The van der Waals surface area contributed by atoms with E-state index in [9.17, 15) is 9.59 Å². The summed E-state index contributed by atoms with van der Waals surface area (Å²) < 4.78 is 15.4. The van der Waals surface area contributed by atoms with Gasteiger partial charge in [-0.05, 0) is 31.2 Å². The molecular formula is C20H21N3O5. The number of rotatable bonds is 7. The Morgan fingerprint density at radius 1 is 1.14 bits per heavy atom. The van der Waals surface area contributed by atoms with Gasteiger partial charge in [0.2, 0.25) is 0 Å². The van der Waals surface area contributed by atoms with Crippen LogP contribution < -0.4 is 19.7 Å². The topological polar surface area (TPSA) is 101 Å². The van der Waals surface area contributed by atoms with Gasteiger partial charge >= 0.3 is 12.2 Å². The Morgan fingerprint density at radius 3 is 2.61 bits per heavy atom. The standard InChI is InChI=1S/C20H21N3O5/c1-3-27-19(24)22-15-7-4-10-18(13-15)28-20(25)23(12-6-11-21)16-8-5-9-17(14-16)26-2/h4-5,7-10,13-14H,3,6,12H2,1-2H3,(H,22,24). The molecule has 1 N–H and O–H groups in total. The van der Waals surface area contributed by atoms with Crippen molar-refractivity contribution in [1.29, 1.82) is 5.26 Å². The molecule has 0 saturated heterocycles. The second kappa shape index (κ2) is 10.4. The van der Waals surface area contributed by atoms with Crippen LogP contribution in [0, 0.1) is 11.3 Å². The van der Waals surface area contributed by atoms with Gasteiger partial charge in [0.1, 0.15) is 11.5 Å². The number of ether oxygens (including phenoxy) is 3. The van der Waals surface area contributed by atoms with Gasteiger partial charge in [-0.3, -0.25) is 10.2 Å². The first-order valence-corrected chi connectivity index (χ1v) is 8.61. The second-order valence-corrected chi connectivity index (χ2v) is 5.50. The molecule has 0 bridgehead atoms. The fourth-order valence-electron chi connectivity index (χ4n) is 2.34. The molecule has 0 unspecified atom stereocenters. The summed E-state index contributed by atoms with van der Waals surface area (Å²) in [6.07, 6.45) is -1.12. The van der Waals surface area contributed by atoms with Crippen molar-refractivity contribution in [2.75, 3.05) is 30.5 Å². The van der Waals surface area contributed by atoms with Crippen LogP contribution in [0.25, 0.3) is 0 Å². The molecule has 146 valence electrons. The molecule has 0 atom stereocenters. The van der Waals surface area contributed by atoms with Crippen LogP contribution in [0.2, 0.25) is 0 Å². The van der Waals surface area contributed by atoms with Gasteiger partial charge in [0.15, 0.2) is 0 Å². The normalized spacial score (nSPS) is 9.75. The first kappa shape index (κ1) is 20.6. The fraction of sp³-hybridized carbons (Fsp3) is 0.250. The molecule has 0 aliphatic rings. The Hall–Kier alpha value is -3.73. The smallest absolute Gasteiger partial charge is 0.419 e. The summed E-state index contributed by atoms with van der Waals surface area (Å²) in [7, 11) is 1.53. The third kappa shape index (κ3) is 5.92. The van der Waals surface area contributed by atoms with Gasteiger partial charge in [0.25, 0.3) is 0 Å². The van der Waals surface area contributed by atoms with E-state index < -0.39 is 12.2 Å². The zero-order valence-corrected chi connectivity index (χ0v) is 15.7. The number of nitrogens with one attached hydrogen (secondary N) is 1. The highest BCUT2D eigenvalue weighted by atomic mass is 16.6. The highest BCUT2D eigenvalue weighted by molar-refractivity contribution is 5.90. The van der Waals surface area contributed by atoms with Crippen LogP contribution >= 0.6 is 0 Å². The van der Waals surface area contributed by atoms with Gasteiger partial charge in [-0.15, -0.1) is 0 Å². The predicted octanol–water partition coefficient (Wildman–Crippen LogP) is 4.18. The van der Waals surface area contributed by atoms with Gasteiger partial charge < -0.3 is 14.2 Å². The predicted molar refractivity (Wildman–Crippen MR) is 104 cm³/mol. The van der Waals surface area contributed by atoms with E-state index in [4.69, 9.17) is 19.5 Å². The van der Waals surface area contributed by atoms with Crippen LogP contribution in [-0.4, -0.2) is 32.4 Å². The molecule has 0 fully saturated rings. The molecule has 28 heavy (non-hydrogen) atoms. The van der Waals surface area contributed by atoms with Crippen LogP contribution in [0.3, 0.4) is 0 Å². The van der Waals surface area contributed by atoms with Crippen molar-refractivity contribution < 1.29 is 23.8 Å². The summed E-state index contributed by atoms with van der Waals surface area (Å²) >= 11 is 0. The van der Waals surface area contributed by atoms with Gasteiger partial charge in [0, 0.05) is 24.4 Å². The van der Waals surface area contributed by atoms with Gasteiger partial charge in [-0.25, -0.2) is 9.59 Å². The minimum absolute atomic E-state index is 0.136. The summed E-state index contributed by atoms with van der Waals surface area (Å²) in [5.41, 5.74) is 0.967. The van der Waals surface area contributed by atoms with Crippen LogP contribution in [-0.2, 0) is 4.74 Å². The first-order valence-electron chi connectivity index (χ1n) is 8.61. The van der Waals surface area contributed by atoms with Gasteiger partial charge in [-0.2, -0.15) is 5.26 Å².